The average Bonchev–Trinajstić information content (AvgIpc) is 3.04. The molecule has 1 aliphatic heterocycles. The monoisotopic (exact) mass is 402 g/mol. The Morgan fingerprint density at radius 2 is 2.14 bits per heavy atom. The van der Waals surface area contributed by atoms with Crippen LogP contribution in [0.2, 0.25) is 0 Å². The van der Waals surface area contributed by atoms with Gasteiger partial charge in [-0.15, -0.1) is 0 Å². The molecule has 0 bridgehead atoms. The fraction of sp³-hybridized carbons (Fsp3) is 0.300. The lowest BCUT2D eigenvalue weighted by Gasteiger charge is -2.23. The predicted molar refractivity (Wildman–Crippen MR) is 103 cm³/mol. The highest BCUT2D eigenvalue weighted by molar-refractivity contribution is 7.16. The van der Waals surface area contributed by atoms with Crippen molar-refractivity contribution in [2.24, 2.45) is 4.99 Å². The molecule has 2 aromatic carbocycles. The maximum atomic E-state index is 13.6. The summed E-state index contributed by atoms with van der Waals surface area (Å²) in [6, 6.07) is 11.7. The zero-order valence-electron chi connectivity index (χ0n) is 15.3. The Balaban J connectivity index is 1.66. The predicted octanol–water partition coefficient (Wildman–Crippen LogP) is 3.15. The molecule has 0 saturated carbocycles. The molecule has 8 heteroatoms. The summed E-state index contributed by atoms with van der Waals surface area (Å²) in [6.45, 7) is 3.58. The third-order valence-corrected chi connectivity index (χ3v) is 5.34. The van der Waals surface area contributed by atoms with E-state index in [-0.39, 0.29) is 12.4 Å². The number of hydrogen-bond donors (Lipinski definition) is 0. The van der Waals surface area contributed by atoms with Gasteiger partial charge in [0.25, 0.3) is 5.91 Å². The van der Waals surface area contributed by atoms with E-state index in [1.807, 2.05) is 23.6 Å². The molecule has 0 fully saturated rings. The number of fused-ring (bicyclic) bond motifs is 2. The van der Waals surface area contributed by atoms with Gasteiger partial charge in [0.1, 0.15) is 12.4 Å². The Hall–Kier alpha value is -2.71. The van der Waals surface area contributed by atoms with E-state index < -0.39 is 12.0 Å². The van der Waals surface area contributed by atoms with Gasteiger partial charge in [0.15, 0.2) is 16.3 Å². The molecule has 1 aliphatic rings. The van der Waals surface area contributed by atoms with Crippen molar-refractivity contribution in [2.45, 2.75) is 19.6 Å². The molecular weight excluding hydrogens is 383 g/mol. The lowest BCUT2D eigenvalue weighted by Crippen LogP contribution is -2.37. The average molecular weight is 402 g/mol. The number of carbonyl (C=O) groups is 1. The summed E-state index contributed by atoms with van der Waals surface area (Å²) in [6.07, 6.45) is -0.822. The number of nitrogens with zero attached hydrogens (tertiary/aromatic N) is 2. The first kappa shape index (κ1) is 18.6. The van der Waals surface area contributed by atoms with Crippen LogP contribution in [-0.4, -0.2) is 36.4 Å². The molecule has 0 saturated heterocycles. The number of hydrogen-bond acceptors (Lipinski definition) is 5. The van der Waals surface area contributed by atoms with E-state index in [1.165, 1.54) is 23.5 Å². The van der Waals surface area contributed by atoms with E-state index in [4.69, 9.17) is 14.2 Å². The van der Waals surface area contributed by atoms with E-state index in [0.717, 1.165) is 5.52 Å². The largest absolute Gasteiger partial charge is 0.485 e. The molecule has 0 spiro atoms. The maximum Gasteiger partial charge on any atom is 0.292 e. The molecule has 28 heavy (non-hydrogen) atoms. The first-order valence-corrected chi connectivity index (χ1v) is 9.81. The first-order valence-electron chi connectivity index (χ1n) is 8.99. The van der Waals surface area contributed by atoms with Gasteiger partial charge in [-0.3, -0.25) is 4.79 Å². The number of halogens is 1. The quantitative estimate of drug-likeness (QED) is 0.615. The standard InChI is InChI=1S/C20H19FN2O4S/c1-2-25-10-9-23-14-8-7-13(21)11-18(14)28-20(23)22-19(24)17-12-26-15-5-3-4-6-16(15)27-17/h3-8,11,17H,2,9-10,12H2,1H3/t17-/m1/s1. The fourth-order valence-corrected chi connectivity index (χ4v) is 4.04. The topological polar surface area (TPSA) is 62.1 Å². The van der Waals surface area contributed by atoms with Gasteiger partial charge in [0.05, 0.1) is 16.8 Å². The normalized spacial score (nSPS) is 16.5. The molecule has 1 atom stereocenters. The molecule has 3 aromatic rings. The SMILES string of the molecule is CCOCCn1c(=NC(=O)[C@H]2COc3ccccc3O2)sc2cc(F)ccc21. The van der Waals surface area contributed by atoms with E-state index in [1.54, 1.807) is 18.2 Å². The number of carbonyl (C=O) groups excluding carboxylic acids is 1. The molecule has 146 valence electrons. The molecule has 1 aromatic heterocycles. The molecular formula is C20H19FN2O4S. The molecule has 0 aliphatic carbocycles. The van der Waals surface area contributed by atoms with Crippen molar-refractivity contribution < 1.29 is 23.4 Å². The minimum atomic E-state index is -0.822. The summed E-state index contributed by atoms with van der Waals surface area (Å²) in [5.41, 5.74) is 0.809. The molecule has 4 rings (SSSR count). The Morgan fingerprint density at radius 1 is 1.32 bits per heavy atom. The minimum absolute atomic E-state index is 0.0951. The van der Waals surface area contributed by atoms with Crippen LogP contribution >= 0.6 is 11.3 Å². The third-order valence-electron chi connectivity index (χ3n) is 4.30. The van der Waals surface area contributed by atoms with E-state index >= 15 is 0 Å². The summed E-state index contributed by atoms with van der Waals surface area (Å²) in [5.74, 6) is 0.358. The Bertz CT molecular complexity index is 1080. The maximum absolute atomic E-state index is 13.6. The number of amides is 1. The first-order chi connectivity index (χ1) is 13.7. The van der Waals surface area contributed by atoms with Crippen molar-refractivity contribution in [1.29, 1.82) is 0 Å². The minimum Gasteiger partial charge on any atom is -0.485 e. The second-order valence-corrected chi connectivity index (χ2v) is 7.17. The summed E-state index contributed by atoms with van der Waals surface area (Å²) < 4.78 is 33.0. The van der Waals surface area contributed by atoms with Gasteiger partial charge >= 0.3 is 0 Å². The van der Waals surface area contributed by atoms with Gasteiger partial charge in [0, 0.05) is 13.2 Å². The van der Waals surface area contributed by atoms with Crippen LogP contribution in [0.1, 0.15) is 6.92 Å². The molecule has 1 amide bonds. The molecule has 6 nitrogen and oxygen atoms in total. The van der Waals surface area contributed by atoms with Crippen molar-refractivity contribution in [3.05, 3.63) is 53.1 Å². The van der Waals surface area contributed by atoms with Crippen molar-refractivity contribution in [1.82, 2.24) is 4.57 Å². The van der Waals surface area contributed by atoms with Crippen LogP contribution in [0.3, 0.4) is 0 Å². The highest BCUT2D eigenvalue weighted by Gasteiger charge is 2.27. The zero-order valence-corrected chi connectivity index (χ0v) is 16.1. The Morgan fingerprint density at radius 3 is 2.96 bits per heavy atom. The zero-order chi connectivity index (χ0) is 19.5. The Labute approximate surface area is 164 Å². The molecule has 2 heterocycles. The molecule has 0 radical (unpaired) electrons. The van der Waals surface area contributed by atoms with Crippen LogP contribution in [0.4, 0.5) is 4.39 Å². The highest BCUT2D eigenvalue weighted by Crippen LogP contribution is 2.31. The van der Waals surface area contributed by atoms with E-state index in [0.29, 0.717) is 40.8 Å². The van der Waals surface area contributed by atoms with Crippen LogP contribution in [0.25, 0.3) is 10.2 Å². The van der Waals surface area contributed by atoms with Crippen LogP contribution in [0, 0.1) is 5.82 Å². The van der Waals surface area contributed by atoms with Gasteiger partial charge in [-0.2, -0.15) is 4.99 Å². The van der Waals surface area contributed by atoms with Gasteiger partial charge < -0.3 is 18.8 Å². The van der Waals surface area contributed by atoms with Crippen LogP contribution < -0.4 is 14.3 Å². The van der Waals surface area contributed by atoms with E-state index in [2.05, 4.69) is 4.99 Å². The summed E-state index contributed by atoms with van der Waals surface area (Å²) in [4.78, 5) is 17.5. The number of benzene rings is 2. The van der Waals surface area contributed by atoms with Gasteiger partial charge in [-0.05, 0) is 37.3 Å². The van der Waals surface area contributed by atoms with Crippen molar-refractivity contribution in [2.75, 3.05) is 19.8 Å². The number of aromatic nitrogens is 1. The summed E-state index contributed by atoms with van der Waals surface area (Å²) in [7, 11) is 0. The van der Waals surface area contributed by atoms with Crippen LogP contribution in [0.5, 0.6) is 11.5 Å². The van der Waals surface area contributed by atoms with Crippen LogP contribution in [0.15, 0.2) is 47.5 Å². The van der Waals surface area contributed by atoms with Gasteiger partial charge in [0.2, 0.25) is 6.10 Å². The molecule has 0 unspecified atom stereocenters. The second-order valence-electron chi connectivity index (χ2n) is 6.16. The lowest BCUT2D eigenvalue weighted by molar-refractivity contribution is -0.127. The summed E-state index contributed by atoms with van der Waals surface area (Å²) >= 11 is 1.26. The van der Waals surface area contributed by atoms with Crippen LogP contribution in [-0.2, 0) is 16.1 Å². The van der Waals surface area contributed by atoms with Gasteiger partial charge in [-0.25, -0.2) is 4.39 Å². The van der Waals surface area contributed by atoms with Crippen molar-refractivity contribution in [3.8, 4) is 11.5 Å². The summed E-state index contributed by atoms with van der Waals surface area (Å²) in [5, 5.41) is 0. The van der Waals surface area contributed by atoms with Crippen molar-refractivity contribution in [3.63, 3.8) is 0 Å². The van der Waals surface area contributed by atoms with Crippen molar-refractivity contribution >= 4 is 27.5 Å². The number of para-hydroxylation sites is 2. The highest BCUT2D eigenvalue weighted by atomic mass is 32.1. The van der Waals surface area contributed by atoms with Gasteiger partial charge in [-0.1, -0.05) is 23.5 Å². The third kappa shape index (κ3) is 3.79. The lowest BCUT2D eigenvalue weighted by atomic mass is 10.2. The Kier molecular flexibility index (Phi) is 5.40. The molecule has 0 N–H and O–H groups in total. The second kappa shape index (κ2) is 8.12. The number of ether oxygens (including phenoxy) is 3. The fourth-order valence-electron chi connectivity index (χ4n) is 2.96. The number of rotatable bonds is 5. The smallest absolute Gasteiger partial charge is 0.292 e. The number of thiazole rings is 1. The van der Waals surface area contributed by atoms with E-state index in [9.17, 15) is 9.18 Å².